The van der Waals surface area contributed by atoms with Crippen molar-refractivity contribution in [1.82, 2.24) is 24.8 Å². The van der Waals surface area contributed by atoms with Crippen LogP contribution in [0.15, 0.2) is 11.4 Å². The summed E-state index contributed by atoms with van der Waals surface area (Å²) >= 11 is 1.54. The van der Waals surface area contributed by atoms with Crippen LogP contribution in [-0.2, 0) is 19.6 Å². The zero-order valence-electron chi connectivity index (χ0n) is 14.8. The summed E-state index contributed by atoms with van der Waals surface area (Å²) in [6.07, 6.45) is 4.80. The molecule has 25 heavy (non-hydrogen) atoms. The summed E-state index contributed by atoms with van der Waals surface area (Å²) in [5.41, 5.74) is 3.23. The smallest absolute Gasteiger partial charge is 0.264 e. The maximum Gasteiger partial charge on any atom is 0.264 e. The highest BCUT2D eigenvalue weighted by Gasteiger charge is 2.26. The molecule has 0 unspecified atom stereocenters. The van der Waals surface area contributed by atoms with E-state index in [2.05, 4.69) is 15.2 Å². The number of aromatic nitrogens is 3. The number of rotatable bonds is 3. The molecule has 1 amide bonds. The minimum Gasteiger partial charge on any atom is -0.332 e. The van der Waals surface area contributed by atoms with E-state index in [0.717, 1.165) is 61.0 Å². The second-order valence-electron chi connectivity index (χ2n) is 7.06. The fourth-order valence-electron chi connectivity index (χ4n) is 3.75. The first-order valence-electron chi connectivity index (χ1n) is 9.19. The fraction of sp³-hybridized carbons (Fsp3) is 0.611. The van der Waals surface area contributed by atoms with Crippen molar-refractivity contribution in [3.8, 4) is 0 Å². The third-order valence-corrected chi connectivity index (χ3v) is 6.23. The molecule has 1 saturated heterocycles. The molecule has 4 rings (SSSR count). The molecule has 0 atom stereocenters. The van der Waals surface area contributed by atoms with Crippen molar-refractivity contribution in [2.24, 2.45) is 0 Å². The second kappa shape index (κ2) is 7.25. The molecule has 0 aliphatic carbocycles. The summed E-state index contributed by atoms with van der Waals surface area (Å²) in [5.74, 6) is 0.145. The molecule has 134 valence electrons. The number of nitrogens with zero attached hydrogens (tertiary/aromatic N) is 5. The molecule has 0 N–H and O–H groups in total. The molecule has 2 aromatic heterocycles. The second-order valence-corrected chi connectivity index (χ2v) is 7.97. The molecular weight excluding hydrogens is 334 g/mol. The molecule has 0 aromatic carbocycles. The van der Waals surface area contributed by atoms with Gasteiger partial charge in [0.2, 0.25) is 0 Å². The molecule has 2 aromatic rings. The maximum absolute atomic E-state index is 12.9. The van der Waals surface area contributed by atoms with Crippen molar-refractivity contribution >= 4 is 17.2 Å². The first-order valence-corrected chi connectivity index (χ1v) is 10.1. The maximum atomic E-state index is 12.9. The monoisotopic (exact) mass is 359 g/mol. The van der Waals surface area contributed by atoms with Gasteiger partial charge in [0.25, 0.3) is 5.91 Å². The Bertz CT molecular complexity index is 746. The highest BCUT2D eigenvalue weighted by molar-refractivity contribution is 7.12. The molecule has 0 saturated carbocycles. The largest absolute Gasteiger partial charge is 0.332 e. The van der Waals surface area contributed by atoms with Gasteiger partial charge in [0.05, 0.1) is 17.1 Å². The summed E-state index contributed by atoms with van der Waals surface area (Å²) in [4.78, 5) is 18.2. The molecule has 2 aliphatic heterocycles. The quantitative estimate of drug-likeness (QED) is 0.845. The molecule has 6 nitrogen and oxygen atoms in total. The van der Waals surface area contributed by atoms with Gasteiger partial charge >= 0.3 is 0 Å². The summed E-state index contributed by atoms with van der Waals surface area (Å²) < 4.78 is 2.01. The van der Waals surface area contributed by atoms with Crippen LogP contribution in [0.3, 0.4) is 0 Å². The third kappa shape index (κ3) is 3.48. The Kier molecular flexibility index (Phi) is 4.85. The van der Waals surface area contributed by atoms with Gasteiger partial charge in [-0.3, -0.25) is 9.69 Å². The molecule has 7 heteroatoms. The standard InChI is InChI=1S/C18H25N5OS/c1-14-6-11-25-17(14)18(24)22-9-5-10-23-16(13-22)15(19-20-23)12-21-7-3-2-4-8-21/h6,11H,2-5,7-10,12-13H2,1H3. The number of carbonyl (C=O) groups is 1. The molecule has 0 radical (unpaired) electrons. The predicted octanol–water partition coefficient (Wildman–Crippen LogP) is 2.68. The van der Waals surface area contributed by atoms with Crippen molar-refractivity contribution in [1.29, 1.82) is 0 Å². The van der Waals surface area contributed by atoms with Gasteiger partial charge in [0, 0.05) is 19.6 Å². The van der Waals surface area contributed by atoms with E-state index in [1.807, 2.05) is 28.0 Å². The molecule has 1 fully saturated rings. The van der Waals surface area contributed by atoms with Gasteiger partial charge in [-0.25, -0.2) is 4.68 Å². The van der Waals surface area contributed by atoms with E-state index < -0.39 is 0 Å². The van der Waals surface area contributed by atoms with Gasteiger partial charge < -0.3 is 4.90 Å². The number of amides is 1. The number of thiophene rings is 1. The minimum absolute atomic E-state index is 0.145. The van der Waals surface area contributed by atoms with E-state index in [1.165, 1.54) is 30.6 Å². The van der Waals surface area contributed by atoms with Crippen molar-refractivity contribution in [2.75, 3.05) is 19.6 Å². The van der Waals surface area contributed by atoms with Gasteiger partial charge in [-0.1, -0.05) is 11.6 Å². The number of aryl methyl sites for hydroxylation is 2. The highest BCUT2D eigenvalue weighted by atomic mass is 32.1. The van der Waals surface area contributed by atoms with Crippen molar-refractivity contribution in [2.45, 2.75) is 52.2 Å². The van der Waals surface area contributed by atoms with Crippen LogP contribution in [0.5, 0.6) is 0 Å². The lowest BCUT2D eigenvalue weighted by molar-refractivity contribution is 0.0749. The van der Waals surface area contributed by atoms with Gasteiger partial charge in [0.15, 0.2) is 0 Å². The van der Waals surface area contributed by atoms with E-state index in [9.17, 15) is 4.79 Å². The van der Waals surface area contributed by atoms with E-state index >= 15 is 0 Å². The number of hydrogen-bond acceptors (Lipinski definition) is 5. The van der Waals surface area contributed by atoms with Gasteiger partial charge in [-0.2, -0.15) is 0 Å². The fourth-order valence-corrected chi connectivity index (χ4v) is 4.65. The lowest BCUT2D eigenvalue weighted by Crippen LogP contribution is -2.32. The first-order chi connectivity index (χ1) is 12.2. The van der Waals surface area contributed by atoms with Crippen LogP contribution in [0, 0.1) is 6.92 Å². The highest BCUT2D eigenvalue weighted by Crippen LogP contribution is 2.23. The number of fused-ring (bicyclic) bond motifs is 1. The lowest BCUT2D eigenvalue weighted by Gasteiger charge is -2.26. The SMILES string of the molecule is Cc1ccsc1C(=O)N1CCCn2nnc(CN3CCCCC3)c2C1. The molecule has 0 spiro atoms. The lowest BCUT2D eigenvalue weighted by atomic mass is 10.1. The third-order valence-electron chi connectivity index (χ3n) is 5.22. The predicted molar refractivity (Wildman–Crippen MR) is 97.6 cm³/mol. The Morgan fingerprint density at radius 3 is 2.76 bits per heavy atom. The molecular formula is C18H25N5OS. The van der Waals surface area contributed by atoms with E-state index in [-0.39, 0.29) is 5.91 Å². The topological polar surface area (TPSA) is 54.3 Å². The van der Waals surface area contributed by atoms with Crippen LogP contribution < -0.4 is 0 Å². The zero-order valence-corrected chi connectivity index (χ0v) is 15.6. The van der Waals surface area contributed by atoms with E-state index in [1.54, 1.807) is 0 Å². The van der Waals surface area contributed by atoms with E-state index in [4.69, 9.17) is 0 Å². The molecule has 2 aliphatic rings. The van der Waals surface area contributed by atoms with Crippen molar-refractivity contribution < 1.29 is 4.79 Å². The summed E-state index contributed by atoms with van der Waals surface area (Å²) in [7, 11) is 0. The number of carbonyl (C=O) groups excluding carboxylic acids is 1. The van der Waals surface area contributed by atoms with Crippen molar-refractivity contribution in [3.05, 3.63) is 33.3 Å². The summed E-state index contributed by atoms with van der Waals surface area (Å²) in [6.45, 7) is 7.39. The number of likely N-dealkylation sites (tertiary alicyclic amines) is 1. The van der Waals surface area contributed by atoms with Crippen LogP contribution in [-0.4, -0.2) is 50.3 Å². The Balaban J connectivity index is 1.54. The van der Waals surface area contributed by atoms with E-state index in [0.29, 0.717) is 6.54 Å². The van der Waals surface area contributed by atoms with Crippen molar-refractivity contribution in [3.63, 3.8) is 0 Å². The van der Waals surface area contributed by atoms with Crippen LogP contribution in [0.2, 0.25) is 0 Å². The minimum atomic E-state index is 0.145. The Morgan fingerprint density at radius 2 is 2.00 bits per heavy atom. The average Bonchev–Trinajstić information content (AvgIpc) is 3.14. The zero-order chi connectivity index (χ0) is 17.2. The Morgan fingerprint density at radius 1 is 1.16 bits per heavy atom. The van der Waals surface area contributed by atoms with Gasteiger partial charge in [0.1, 0.15) is 5.69 Å². The molecule has 4 heterocycles. The number of piperidine rings is 1. The first kappa shape index (κ1) is 16.7. The Hall–Kier alpha value is -1.73. The van der Waals surface area contributed by atoms with Gasteiger partial charge in [-0.05, 0) is 56.3 Å². The van der Waals surface area contributed by atoms with Gasteiger partial charge in [-0.15, -0.1) is 16.4 Å². The Labute approximate surface area is 152 Å². The van der Waals surface area contributed by atoms with Crippen LogP contribution >= 0.6 is 11.3 Å². The summed E-state index contributed by atoms with van der Waals surface area (Å²) in [6, 6.07) is 2.02. The summed E-state index contributed by atoms with van der Waals surface area (Å²) in [5, 5.41) is 10.8. The normalized spacial score (nSPS) is 18.8. The number of hydrogen-bond donors (Lipinski definition) is 0. The average molecular weight is 359 g/mol. The van der Waals surface area contributed by atoms with Crippen LogP contribution in [0.4, 0.5) is 0 Å². The van der Waals surface area contributed by atoms with Crippen LogP contribution in [0.1, 0.15) is 52.3 Å². The molecule has 0 bridgehead atoms. The van der Waals surface area contributed by atoms with Crippen LogP contribution in [0.25, 0.3) is 0 Å².